The van der Waals surface area contributed by atoms with E-state index in [4.69, 9.17) is 0 Å². The van der Waals surface area contributed by atoms with E-state index in [1.165, 1.54) is 5.56 Å². The molecule has 0 aliphatic rings. The molecule has 4 aromatic rings. The predicted octanol–water partition coefficient (Wildman–Crippen LogP) is 5.16. The second-order valence-electron chi connectivity index (χ2n) is 9.44. The van der Waals surface area contributed by atoms with Crippen molar-refractivity contribution in [3.63, 3.8) is 0 Å². The third kappa shape index (κ3) is 5.49. The fourth-order valence-electron chi connectivity index (χ4n) is 3.65. The summed E-state index contributed by atoms with van der Waals surface area (Å²) in [7, 11) is 1.86. The number of benzene rings is 2. The number of carbonyl (C=O) groups excluding carboxylic acids is 1. The van der Waals surface area contributed by atoms with Crippen LogP contribution in [0.5, 0.6) is 0 Å². The van der Waals surface area contributed by atoms with Crippen molar-refractivity contribution in [3.8, 4) is 11.3 Å². The molecule has 0 radical (unpaired) electrons. The summed E-state index contributed by atoms with van der Waals surface area (Å²) in [5.41, 5.74) is 6.71. The van der Waals surface area contributed by atoms with Crippen LogP contribution in [0.4, 0.5) is 11.6 Å². The third-order valence-electron chi connectivity index (χ3n) is 5.71. The second kappa shape index (κ2) is 9.47. The van der Waals surface area contributed by atoms with Gasteiger partial charge in [0.2, 0.25) is 5.95 Å². The van der Waals surface area contributed by atoms with Gasteiger partial charge in [0.25, 0.3) is 5.91 Å². The van der Waals surface area contributed by atoms with Crippen LogP contribution in [0.3, 0.4) is 0 Å². The number of nitrogens with one attached hydrogen (secondary N) is 2. The molecule has 7 heteroatoms. The van der Waals surface area contributed by atoms with Gasteiger partial charge in [0.05, 0.1) is 17.6 Å². The number of anilines is 2. The molecule has 0 fully saturated rings. The molecule has 0 saturated carbocycles. The highest BCUT2D eigenvalue weighted by Crippen LogP contribution is 2.23. The van der Waals surface area contributed by atoms with Gasteiger partial charge >= 0.3 is 0 Å². The first kappa shape index (κ1) is 23.2. The van der Waals surface area contributed by atoms with E-state index < -0.39 is 0 Å². The van der Waals surface area contributed by atoms with Gasteiger partial charge in [-0.3, -0.25) is 9.48 Å². The highest BCUT2D eigenvalue weighted by Gasteiger charge is 2.14. The summed E-state index contributed by atoms with van der Waals surface area (Å²) in [4.78, 5) is 21.6. The molecule has 174 valence electrons. The molecule has 0 aliphatic carbocycles. The summed E-state index contributed by atoms with van der Waals surface area (Å²) in [5, 5.41) is 10.3. The van der Waals surface area contributed by atoms with Gasteiger partial charge in [-0.15, -0.1) is 0 Å². The topological polar surface area (TPSA) is 84.7 Å². The van der Waals surface area contributed by atoms with E-state index in [-0.39, 0.29) is 11.3 Å². The molecule has 0 spiro atoms. The van der Waals surface area contributed by atoms with Crippen LogP contribution in [0.1, 0.15) is 47.8 Å². The molecular weight excluding hydrogens is 424 g/mol. The SMILES string of the molecule is Cc1cc(-c2ccnc(Nc3cnn(C)c3)n2)ccc1CNC(=O)c1ccc(C(C)(C)C)cc1. The van der Waals surface area contributed by atoms with Crippen molar-refractivity contribution in [3.05, 3.63) is 89.4 Å². The van der Waals surface area contributed by atoms with Crippen LogP contribution in [0.25, 0.3) is 11.3 Å². The number of aryl methyl sites for hydroxylation is 2. The van der Waals surface area contributed by atoms with Gasteiger partial charge in [0.1, 0.15) is 0 Å². The number of hydrogen-bond acceptors (Lipinski definition) is 5. The fraction of sp³-hybridized carbons (Fsp3) is 0.259. The first-order chi connectivity index (χ1) is 16.2. The lowest BCUT2D eigenvalue weighted by Gasteiger charge is -2.19. The minimum atomic E-state index is -0.0779. The molecule has 34 heavy (non-hydrogen) atoms. The fourth-order valence-corrected chi connectivity index (χ4v) is 3.65. The van der Waals surface area contributed by atoms with E-state index in [0.29, 0.717) is 18.1 Å². The Morgan fingerprint density at radius 2 is 1.82 bits per heavy atom. The lowest BCUT2D eigenvalue weighted by atomic mass is 9.87. The van der Waals surface area contributed by atoms with E-state index in [2.05, 4.69) is 52.5 Å². The molecule has 2 aromatic carbocycles. The standard InChI is InChI=1S/C27H30N6O/c1-18-14-20(24-12-13-28-26(32-24)31-23-16-30-33(5)17-23)6-7-21(18)15-29-25(34)19-8-10-22(11-9-19)27(2,3)4/h6-14,16-17H,15H2,1-5H3,(H,29,34)(H,28,31,32). The van der Waals surface area contributed by atoms with Gasteiger partial charge in [-0.1, -0.05) is 45.0 Å². The van der Waals surface area contributed by atoms with Crippen molar-refractivity contribution in [1.82, 2.24) is 25.1 Å². The average molecular weight is 455 g/mol. The van der Waals surface area contributed by atoms with E-state index in [0.717, 1.165) is 28.1 Å². The van der Waals surface area contributed by atoms with Gasteiger partial charge in [-0.05, 0) is 53.3 Å². The van der Waals surface area contributed by atoms with Gasteiger partial charge in [-0.25, -0.2) is 9.97 Å². The Hall–Kier alpha value is -4.00. The molecule has 7 nitrogen and oxygen atoms in total. The van der Waals surface area contributed by atoms with Crippen LogP contribution in [-0.2, 0) is 19.0 Å². The van der Waals surface area contributed by atoms with Crippen molar-refractivity contribution in [2.75, 3.05) is 5.32 Å². The van der Waals surface area contributed by atoms with Crippen LogP contribution < -0.4 is 10.6 Å². The number of amides is 1. The molecule has 0 atom stereocenters. The minimum Gasteiger partial charge on any atom is -0.348 e. The van der Waals surface area contributed by atoms with Crippen molar-refractivity contribution in [2.24, 2.45) is 7.05 Å². The Morgan fingerprint density at radius 3 is 2.47 bits per heavy atom. The molecule has 0 unspecified atom stereocenters. The maximum atomic E-state index is 12.6. The zero-order valence-corrected chi connectivity index (χ0v) is 20.3. The zero-order valence-electron chi connectivity index (χ0n) is 20.3. The Kier molecular flexibility index (Phi) is 6.45. The predicted molar refractivity (Wildman–Crippen MR) is 135 cm³/mol. The highest BCUT2D eigenvalue weighted by atomic mass is 16.1. The molecule has 2 N–H and O–H groups in total. The summed E-state index contributed by atoms with van der Waals surface area (Å²) in [5.74, 6) is 0.433. The first-order valence-electron chi connectivity index (χ1n) is 11.3. The molecule has 2 heterocycles. The zero-order chi connectivity index (χ0) is 24.3. The van der Waals surface area contributed by atoms with Gasteiger partial charge < -0.3 is 10.6 Å². The highest BCUT2D eigenvalue weighted by molar-refractivity contribution is 5.94. The van der Waals surface area contributed by atoms with E-state index >= 15 is 0 Å². The lowest BCUT2D eigenvalue weighted by Crippen LogP contribution is -2.23. The van der Waals surface area contributed by atoms with Gasteiger partial charge in [0.15, 0.2) is 0 Å². The first-order valence-corrected chi connectivity index (χ1v) is 11.3. The largest absolute Gasteiger partial charge is 0.348 e. The number of aromatic nitrogens is 4. The van der Waals surface area contributed by atoms with Crippen LogP contribution in [0.2, 0.25) is 0 Å². The quantitative estimate of drug-likeness (QED) is 0.421. The molecule has 0 saturated heterocycles. The number of hydrogen-bond donors (Lipinski definition) is 2. The lowest BCUT2D eigenvalue weighted by molar-refractivity contribution is 0.0951. The smallest absolute Gasteiger partial charge is 0.251 e. The normalized spacial score (nSPS) is 11.3. The van der Waals surface area contributed by atoms with Crippen molar-refractivity contribution >= 4 is 17.5 Å². The van der Waals surface area contributed by atoms with Crippen molar-refractivity contribution < 1.29 is 4.79 Å². The second-order valence-corrected chi connectivity index (χ2v) is 9.44. The van der Waals surface area contributed by atoms with E-state index in [1.807, 2.05) is 62.6 Å². The Bertz CT molecular complexity index is 1300. The minimum absolute atomic E-state index is 0.0626. The van der Waals surface area contributed by atoms with E-state index in [9.17, 15) is 4.79 Å². The maximum Gasteiger partial charge on any atom is 0.251 e. The number of rotatable bonds is 6. The molecular formula is C27H30N6O. The molecule has 1 amide bonds. The number of nitrogens with zero attached hydrogens (tertiary/aromatic N) is 4. The Balaban J connectivity index is 1.42. The third-order valence-corrected chi connectivity index (χ3v) is 5.71. The summed E-state index contributed by atoms with van der Waals surface area (Å²) < 4.78 is 1.72. The molecule has 2 aromatic heterocycles. The molecule has 0 bridgehead atoms. The van der Waals surface area contributed by atoms with Crippen LogP contribution in [0.15, 0.2) is 67.1 Å². The molecule has 4 rings (SSSR count). The summed E-state index contributed by atoms with van der Waals surface area (Å²) >= 11 is 0. The van der Waals surface area contributed by atoms with Gasteiger partial charge in [-0.2, -0.15) is 5.10 Å². The van der Waals surface area contributed by atoms with Crippen molar-refractivity contribution in [2.45, 2.75) is 39.7 Å². The molecule has 0 aliphatic heterocycles. The summed E-state index contributed by atoms with van der Waals surface area (Å²) in [6.45, 7) is 8.99. The summed E-state index contributed by atoms with van der Waals surface area (Å²) in [6.07, 6.45) is 5.32. The number of carbonyl (C=O) groups is 1. The maximum absolute atomic E-state index is 12.6. The Morgan fingerprint density at radius 1 is 1.06 bits per heavy atom. The van der Waals surface area contributed by atoms with Gasteiger partial charge in [0, 0.05) is 37.1 Å². The monoisotopic (exact) mass is 454 g/mol. The average Bonchev–Trinajstić information content (AvgIpc) is 3.22. The summed E-state index contributed by atoms with van der Waals surface area (Å²) in [6, 6.07) is 15.8. The van der Waals surface area contributed by atoms with Crippen LogP contribution in [-0.4, -0.2) is 25.7 Å². The van der Waals surface area contributed by atoms with Crippen LogP contribution in [0, 0.1) is 6.92 Å². The van der Waals surface area contributed by atoms with E-state index in [1.54, 1.807) is 17.1 Å². The Labute approximate surface area is 200 Å². The van der Waals surface area contributed by atoms with Crippen molar-refractivity contribution in [1.29, 1.82) is 0 Å². The van der Waals surface area contributed by atoms with Crippen LogP contribution >= 0.6 is 0 Å².